The van der Waals surface area contributed by atoms with Gasteiger partial charge < -0.3 is 10.0 Å². The molecule has 3 aromatic rings. The van der Waals surface area contributed by atoms with Crippen LogP contribution in [0.15, 0.2) is 60.4 Å². The number of para-hydroxylation sites is 1. The molecule has 2 heterocycles. The van der Waals surface area contributed by atoms with Gasteiger partial charge in [0.25, 0.3) is 0 Å². The molecule has 25 heavy (non-hydrogen) atoms. The summed E-state index contributed by atoms with van der Waals surface area (Å²) in [5.41, 5.74) is 2.46. The van der Waals surface area contributed by atoms with Gasteiger partial charge in [0.2, 0.25) is 0 Å². The number of aromatic nitrogens is 1. The van der Waals surface area contributed by atoms with Crippen LogP contribution in [0.5, 0.6) is 0 Å². The van der Waals surface area contributed by atoms with Crippen LogP contribution in [0.3, 0.4) is 0 Å². The first-order valence-electron chi connectivity index (χ1n) is 8.40. The van der Waals surface area contributed by atoms with E-state index in [0.717, 1.165) is 28.7 Å². The number of aliphatic hydroxyl groups is 1. The van der Waals surface area contributed by atoms with Gasteiger partial charge in [-0.15, -0.1) is 11.3 Å². The number of aliphatic hydroxyl groups excluding tert-OH is 1. The number of benzene rings is 2. The molecule has 4 rings (SSSR count). The van der Waals surface area contributed by atoms with E-state index in [4.69, 9.17) is 5.41 Å². The summed E-state index contributed by atoms with van der Waals surface area (Å²) < 4.78 is 1.07. The highest BCUT2D eigenvalue weighted by molar-refractivity contribution is 7.19. The number of thiazole rings is 1. The van der Waals surface area contributed by atoms with Crippen LogP contribution < -0.4 is 0 Å². The molecule has 1 aliphatic heterocycles. The molecule has 0 saturated carbocycles. The summed E-state index contributed by atoms with van der Waals surface area (Å²) >= 11 is 1.52. The molecule has 0 fully saturated rings. The fraction of sp³-hybridized carbons (Fsp3) is 0.200. The molecule has 0 amide bonds. The average molecular weight is 349 g/mol. The molecule has 2 N–H and O–H groups in total. The Morgan fingerprint density at radius 2 is 1.84 bits per heavy atom. The van der Waals surface area contributed by atoms with Gasteiger partial charge in [0.15, 0.2) is 0 Å². The standard InChI is InChI=1S/C20H19N3OS/c1-2-12-23-17(13-8-4-3-5-9-13)18(24)16(19(23)21)20-22-14-10-6-7-11-15(14)25-20/h3-11,17,21,24H,2,12H2,1H3. The van der Waals surface area contributed by atoms with Gasteiger partial charge in [-0.3, -0.25) is 5.41 Å². The van der Waals surface area contributed by atoms with Crippen molar-refractivity contribution in [1.29, 1.82) is 5.41 Å². The van der Waals surface area contributed by atoms with Crippen LogP contribution in [0.4, 0.5) is 0 Å². The smallest absolute Gasteiger partial charge is 0.135 e. The van der Waals surface area contributed by atoms with Crippen LogP contribution in [-0.2, 0) is 0 Å². The van der Waals surface area contributed by atoms with Gasteiger partial charge in [0.05, 0.1) is 15.8 Å². The number of fused-ring (bicyclic) bond motifs is 1. The van der Waals surface area contributed by atoms with Gasteiger partial charge in [0.1, 0.15) is 22.6 Å². The molecule has 0 saturated heterocycles. The Balaban J connectivity index is 1.85. The molecule has 1 atom stereocenters. The molecule has 0 aliphatic carbocycles. The molecule has 0 spiro atoms. The van der Waals surface area contributed by atoms with E-state index in [9.17, 15) is 5.11 Å². The monoisotopic (exact) mass is 349 g/mol. The van der Waals surface area contributed by atoms with Crippen molar-refractivity contribution in [3.8, 4) is 0 Å². The minimum atomic E-state index is -0.310. The quantitative estimate of drug-likeness (QED) is 0.696. The van der Waals surface area contributed by atoms with Crippen molar-refractivity contribution in [2.45, 2.75) is 19.4 Å². The SMILES string of the molecule is CCCN1C(=N)C(c2nc3ccccc3s2)=C(O)C1c1ccccc1. The Morgan fingerprint density at radius 1 is 1.12 bits per heavy atom. The lowest BCUT2D eigenvalue weighted by molar-refractivity contribution is 0.275. The molecular weight excluding hydrogens is 330 g/mol. The maximum absolute atomic E-state index is 11.0. The molecule has 2 aromatic carbocycles. The lowest BCUT2D eigenvalue weighted by Gasteiger charge is -2.26. The lowest BCUT2D eigenvalue weighted by Crippen LogP contribution is -2.30. The maximum Gasteiger partial charge on any atom is 0.135 e. The van der Waals surface area contributed by atoms with Crippen LogP contribution in [0.1, 0.15) is 30.0 Å². The summed E-state index contributed by atoms with van der Waals surface area (Å²) in [6, 6.07) is 17.5. The second-order valence-corrected chi connectivity index (χ2v) is 7.13. The van der Waals surface area contributed by atoms with E-state index in [1.165, 1.54) is 11.3 Å². The van der Waals surface area contributed by atoms with Gasteiger partial charge in [-0.05, 0) is 24.1 Å². The van der Waals surface area contributed by atoms with Crippen LogP contribution in [-0.4, -0.2) is 27.4 Å². The second kappa shape index (κ2) is 6.33. The van der Waals surface area contributed by atoms with Crippen molar-refractivity contribution in [2.75, 3.05) is 6.54 Å². The van der Waals surface area contributed by atoms with E-state index in [1.54, 1.807) is 0 Å². The second-order valence-electron chi connectivity index (χ2n) is 6.10. The normalized spacial score (nSPS) is 17.7. The molecular formula is C20H19N3OS. The topological polar surface area (TPSA) is 60.2 Å². The van der Waals surface area contributed by atoms with E-state index in [2.05, 4.69) is 11.9 Å². The molecule has 1 unspecified atom stereocenters. The highest BCUT2D eigenvalue weighted by atomic mass is 32.1. The van der Waals surface area contributed by atoms with Crippen molar-refractivity contribution in [3.05, 3.63) is 70.9 Å². The van der Waals surface area contributed by atoms with Gasteiger partial charge >= 0.3 is 0 Å². The Bertz CT molecular complexity index is 928. The Kier molecular flexibility index (Phi) is 4.01. The Hall–Kier alpha value is -2.66. The largest absolute Gasteiger partial charge is 0.509 e. The number of hydrogen-bond acceptors (Lipinski definition) is 4. The predicted octanol–water partition coefficient (Wildman–Crippen LogP) is 5.01. The van der Waals surface area contributed by atoms with E-state index >= 15 is 0 Å². The van der Waals surface area contributed by atoms with Crippen molar-refractivity contribution in [2.24, 2.45) is 0 Å². The zero-order chi connectivity index (χ0) is 17.4. The molecule has 1 aliphatic rings. The molecule has 1 aromatic heterocycles. The first kappa shape index (κ1) is 15.8. The van der Waals surface area contributed by atoms with Crippen molar-refractivity contribution in [1.82, 2.24) is 9.88 Å². The highest BCUT2D eigenvalue weighted by Gasteiger charge is 2.39. The van der Waals surface area contributed by atoms with E-state index in [1.807, 2.05) is 59.5 Å². The van der Waals surface area contributed by atoms with Gasteiger partial charge in [0, 0.05) is 6.54 Å². The minimum absolute atomic E-state index is 0.226. The number of amidine groups is 1. The highest BCUT2D eigenvalue weighted by Crippen LogP contribution is 2.42. The maximum atomic E-state index is 11.0. The van der Waals surface area contributed by atoms with Crippen molar-refractivity contribution >= 4 is 33.0 Å². The van der Waals surface area contributed by atoms with E-state index in [-0.39, 0.29) is 11.8 Å². The van der Waals surface area contributed by atoms with Crippen LogP contribution in [0, 0.1) is 5.41 Å². The van der Waals surface area contributed by atoms with Crippen LogP contribution in [0.25, 0.3) is 15.8 Å². The van der Waals surface area contributed by atoms with Gasteiger partial charge in [-0.25, -0.2) is 4.98 Å². The Morgan fingerprint density at radius 3 is 2.56 bits per heavy atom. The summed E-state index contributed by atoms with van der Waals surface area (Å²) in [4.78, 5) is 6.62. The lowest BCUT2D eigenvalue weighted by atomic mass is 10.0. The third kappa shape index (κ3) is 2.61. The predicted molar refractivity (Wildman–Crippen MR) is 103 cm³/mol. The van der Waals surface area contributed by atoms with Crippen molar-refractivity contribution in [3.63, 3.8) is 0 Å². The number of nitrogens with zero attached hydrogens (tertiary/aromatic N) is 2. The zero-order valence-electron chi connectivity index (χ0n) is 13.9. The zero-order valence-corrected chi connectivity index (χ0v) is 14.8. The molecule has 126 valence electrons. The third-order valence-electron chi connectivity index (χ3n) is 4.44. The number of rotatable bonds is 4. The summed E-state index contributed by atoms with van der Waals surface area (Å²) in [7, 11) is 0. The summed E-state index contributed by atoms with van der Waals surface area (Å²) in [5.74, 6) is 0.580. The molecule has 0 bridgehead atoms. The van der Waals surface area contributed by atoms with Crippen molar-refractivity contribution < 1.29 is 5.11 Å². The number of hydrogen-bond donors (Lipinski definition) is 2. The van der Waals surface area contributed by atoms with Crippen LogP contribution >= 0.6 is 11.3 Å². The van der Waals surface area contributed by atoms with Crippen LogP contribution in [0.2, 0.25) is 0 Å². The first-order valence-corrected chi connectivity index (χ1v) is 9.22. The fourth-order valence-corrected chi connectivity index (χ4v) is 4.34. The minimum Gasteiger partial charge on any atom is -0.509 e. The van der Waals surface area contributed by atoms with E-state index < -0.39 is 0 Å². The summed E-state index contributed by atoms with van der Waals surface area (Å²) in [6.07, 6.45) is 0.909. The average Bonchev–Trinajstić information content (AvgIpc) is 3.15. The molecule has 0 radical (unpaired) electrons. The third-order valence-corrected chi connectivity index (χ3v) is 5.49. The summed E-state index contributed by atoms with van der Waals surface area (Å²) in [6.45, 7) is 2.80. The van der Waals surface area contributed by atoms with Gasteiger partial charge in [-0.2, -0.15) is 0 Å². The number of nitrogens with one attached hydrogen (secondary N) is 1. The molecule has 5 heteroatoms. The summed E-state index contributed by atoms with van der Waals surface area (Å²) in [5, 5.41) is 20.4. The molecule has 4 nitrogen and oxygen atoms in total. The Labute approximate surface area is 150 Å². The van der Waals surface area contributed by atoms with Gasteiger partial charge in [-0.1, -0.05) is 49.4 Å². The van der Waals surface area contributed by atoms with E-state index in [0.29, 0.717) is 16.4 Å². The first-order chi connectivity index (χ1) is 12.2. The fourth-order valence-electron chi connectivity index (χ4n) is 3.32.